The van der Waals surface area contributed by atoms with E-state index in [2.05, 4.69) is 4.98 Å². The van der Waals surface area contributed by atoms with E-state index in [0.717, 1.165) is 5.56 Å². The van der Waals surface area contributed by atoms with Crippen molar-refractivity contribution in [2.24, 2.45) is 5.92 Å². The first-order valence-corrected chi connectivity index (χ1v) is 4.77. The molecule has 1 rings (SSSR count). The lowest BCUT2D eigenvalue weighted by atomic mass is 9.99. The van der Waals surface area contributed by atoms with Gasteiger partial charge in [-0.1, -0.05) is 18.5 Å². The van der Waals surface area contributed by atoms with Crippen LogP contribution in [0.3, 0.4) is 0 Å². The predicted octanol–water partition coefficient (Wildman–Crippen LogP) is 2.39. The van der Waals surface area contributed by atoms with Crippen LogP contribution in [0.5, 0.6) is 0 Å². The van der Waals surface area contributed by atoms with Gasteiger partial charge < -0.3 is 5.11 Å². The lowest BCUT2D eigenvalue weighted by molar-refractivity contribution is -0.137. The van der Waals surface area contributed by atoms with Gasteiger partial charge in [0.15, 0.2) is 0 Å². The lowest BCUT2D eigenvalue weighted by Gasteiger charge is -2.09. The summed E-state index contributed by atoms with van der Waals surface area (Å²) < 4.78 is 0. The molecule has 0 fully saturated rings. The Morgan fingerprint density at radius 3 is 3.00 bits per heavy atom. The van der Waals surface area contributed by atoms with Crippen molar-refractivity contribution in [2.45, 2.75) is 19.8 Å². The number of carbonyl (C=O) groups is 1. The van der Waals surface area contributed by atoms with Crippen LogP contribution in [-0.4, -0.2) is 16.1 Å². The molecule has 0 spiro atoms. The Kier molecular flexibility index (Phi) is 3.89. The molecule has 0 bridgehead atoms. The fourth-order valence-electron chi connectivity index (χ4n) is 1.32. The van der Waals surface area contributed by atoms with Crippen molar-refractivity contribution in [1.82, 2.24) is 4.98 Å². The van der Waals surface area contributed by atoms with E-state index >= 15 is 0 Å². The highest BCUT2D eigenvalue weighted by atomic mass is 35.5. The maximum absolute atomic E-state index is 10.4. The van der Waals surface area contributed by atoms with Gasteiger partial charge >= 0.3 is 5.97 Å². The number of nitrogens with zero attached hydrogens (tertiary/aromatic N) is 1. The number of aliphatic carboxylic acids is 1. The molecule has 0 aromatic carbocycles. The highest BCUT2D eigenvalue weighted by Crippen LogP contribution is 2.18. The van der Waals surface area contributed by atoms with E-state index in [1.54, 1.807) is 12.4 Å². The van der Waals surface area contributed by atoms with Crippen LogP contribution in [0.2, 0.25) is 5.02 Å². The SMILES string of the molecule is CC(CC(=O)O)Cc1ccncc1Cl. The van der Waals surface area contributed by atoms with E-state index in [4.69, 9.17) is 16.7 Å². The van der Waals surface area contributed by atoms with Crippen LogP contribution in [0.25, 0.3) is 0 Å². The third kappa shape index (κ3) is 3.34. The van der Waals surface area contributed by atoms with Crippen LogP contribution < -0.4 is 0 Å². The average Bonchev–Trinajstić information content (AvgIpc) is 2.07. The zero-order valence-electron chi connectivity index (χ0n) is 7.90. The highest BCUT2D eigenvalue weighted by Gasteiger charge is 2.10. The van der Waals surface area contributed by atoms with Crippen molar-refractivity contribution in [2.75, 3.05) is 0 Å². The van der Waals surface area contributed by atoms with Gasteiger partial charge in [0.1, 0.15) is 0 Å². The molecule has 4 heteroatoms. The van der Waals surface area contributed by atoms with Crippen LogP contribution in [0, 0.1) is 5.92 Å². The summed E-state index contributed by atoms with van der Waals surface area (Å²) in [7, 11) is 0. The molecule has 0 saturated carbocycles. The normalized spacial score (nSPS) is 12.4. The first-order valence-electron chi connectivity index (χ1n) is 4.39. The van der Waals surface area contributed by atoms with Crippen molar-refractivity contribution in [3.8, 4) is 0 Å². The number of pyridine rings is 1. The van der Waals surface area contributed by atoms with Crippen molar-refractivity contribution in [1.29, 1.82) is 0 Å². The molecule has 0 aliphatic carbocycles. The van der Waals surface area contributed by atoms with E-state index in [9.17, 15) is 4.79 Å². The standard InChI is InChI=1S/C10H12ClNO2/c1-7(5-10(13)14)4-8-2-3-12-6-9(8)11/h2-3,6-7H,4-5H2,1H3,(H,13,14). The Balaban J connectivity index is 2.60. The molecule has 14 heavy (non-hydrogen) atoms. The van der Waals surface area contributed by atoms with Gasteiger partial charge in [-0.25, -0.2) is 0 Å². The number of carboxylic acids is 1. The Bertz CT molecular complexity index is 328. The van der Waals surface area contributed by atoms with E-state index in [-0.39, 0.29) is 12.3 Å². The minimum atomic E-state index is -0.775. The number of hydrogen-bond acceptors (Lipinski definition) is 2. The number of aromatic nitrogens is 1. The molecule has 1 unspecified atom stereocenters. The zero-order chi connectivity index (χ0) is 10.6. The van der Waals surface area contributed by atoms with Gasteiger partial charge in [0.25, 0.3) is 0 Å². The number of carboxylic acid groups (broad SMARTS) is 1. The van der Waals surface area contributed by atoms with Crippen LogP contribution in [0.1, 0.15) is 18.9 Å². The molecule has 3 nitrogen and oxygen atoms in total. The molecule has 76 valence electrons. The summed E-state index contributed by atoms with van der Waals surface area (Å²) in [5.41, 5.74) is 0.954. The molecule has 0 aliphatic rings. The summed E-state index contributed by atoms with van der Waals surface area (Å²) in [6.07, 6.45) is 4.07. The second-order valence-corrected chi connectivity index (χ2v) is 3.78. The summed E-state index contributed by atoms with van der Waals surface area (Å²) in [5.74, 6) is -0.685. The summed E-state index contributed by atoms with van der Waals surface area (Å²) >= 11 is 5.89. The lowest BCUT2D eigenvalue weighted by Crippen LogP contribution is -2.07. The van der Waals surface area contributed by atoms with Gasteiger partial charge in [0, 0.05) is 18.8 Å². The molecule has 1 N–H and O–H groups in total. The largest absolute Gasteiger partial charge is 0.481 e. The summed E-state index contributed by atoms with van der Waals surface area (Å²) in [5, 5.41) is 9.19. The predicted molar refractivity (Wildman–Crippen MR) is 54.4 cm³/mol. The fourth-order valence-corrected chi connectivity index (χ4v) is 1.51. The number of halogens is 1. The molecule has 1 atom stereocenters. The minimum absolute atomic E-state index is 0.0902. The van der Waals surface area contributed by atoms with E-state index < -0.39 is 5.97 Å². The molecular weight excluding hydrogens is 202 g/mol. The summed E-state index contributed by atoms with van der Waals surface area (Å²) in [6.45, 7) is 1.89. The van der Waals surface area contributed by atoms with Gasteiger partial charge in [0.2, 0.25) is 0 Å². The summed E-state index contributed by atoms with van der Waals surface area (Å²) in [6, 6.07) is 1.82. The fraction of sp³-hybridized carbons (Fsp3) is 0.400. The van der Waals surface area contributed by atoms with Crippen LogP contribution in [0.4, 0.5) is 0 Å². The molecular formula is C10H12ClNO2. The van der Waals surface area contributed by atoms with Crippen molar-refractivity contribution in [3.05, 3.63) is 29.0 Å². The third-order valence-corrected chi connectivity index (χ3v) is 2.29. The Morgan fingerprint density at radius 1 is 1.71 bits per heavy atom. The molecule has 1 aromatic rings. The Hall–Kier alpha value is -1.09. The third-order valence-electron chi connectivity index (χ3n) is 1.95. The van der Waals surface area contributed by atoms with E-state index in [1.807, 2.05) is 13.0 Å². The van der Waals surface area contributed by atoms with Crippen LogP contribution in [0.15, 0.2) is 18.5 Å². The van der Waals surface area contributed by atoms with Crippen LogP contribution in [-0.2, 0) is 11.2 Å². The van der Waals surface area contributed by atoms with Crippen molar-refractivity contribution in [3.63, 3.8) is 0 Å². The molecule has 1 heterocycles. The average molecular weight is 214 g/mol. The zero-order valence-corrected chi connectivity index (χ0v) is 8.66. The van der Waals surface area contributed by atoms with E-state index in [1.165, 1.54) is 0 Å². The van der Waals surface area contributed by atoms with E-state index in [0.29, 0.717) is 11.4 Å². The maximum Gasteiger partial charge on any atom is 0.303 e. The first-order chi connectivity index (χ1) is 6.59. The highest BCUT2D eigenvalue weighted by molar-refractivity contribution is 6.31. The smallest absolute Gasteiger partial charge is 0.303 e. The monoisotopic (exact) mass is 213 g/mol. The molecule has 0 aliphatic heterocycles. The number of hydrogen-bond donors (Lipinski definition) is 1. The minimum Gasteiger partial charge on any atom is -0.481 e. The van der Waals surface area contributed by atoms with Gasteiger partial charge in [-0.15, -0.1) is 0 Å². The Morgan fingerprint density at radius 2 is 2.43 bits per heavy atom. The van der Waals surface area contributed by atoms with Gasteiger partial charge in [-0.3, -0.25) is 9.78 Å². The second kappa shape index (κ2) is 4.96. The molecule has 0 radical (unpaired) electrons. The summed E-state index contributed by atoms with van der Waals surface area (Å²) in [4.78, 5) is 14.3. The quantitative estimate of drug-likeness (QED) is 0.836. The molecule has 0 amide bonds. The molecule has 1 aromatic heterocycles. The number of rotatable bonds is 4. The van der Waals surface area contributed by atoms with Gasteiger partial charge in [-0.05, 0) is 24.0 Å². The van der Waals surface area contributed by atoms with Crippen molar-refractivity contribution >= 4 is 17.6 Å². The maximum atomic E-state index is 10.4. The molecule has 0 saturated heterocycles. The Labute approximate surface area is 87.7 Å². The van der Waals surface area contributed by atoms with Crippen LogP contribution >= 0.6 is 11.6 Å². The first kappa shape index (κ1) is 11.0. The van der Waals surface area contributed by atoms with Crippen molar-refractivity contribution < 1.29 is 9.90 Å². The topological polar surface area (TPSA) is 50.2 Å². The van der Waals surface area contributed by atoms with Gasteiger partial charge in [0.05, 0.1) is 5.02 Å². The second-order valence-electron chi connectivity index (χ2n) is 3.37. The van der Waals surface area contributed by atoms with Gasteiger partial charge in [-0.2, -0.15) is 0 Å².